The van der Waals surface area contributed by atoms with E-state index in [2.05, 4.69) is 29.2 Å². The maximum atomic E-state index is 11.4. The third-order valence-corrected chi connectivity index (χ3v) is 4.55. The molecular weight excluding hydrogens is 304 g/mol. The van der Waals surface area contributed by atoms with Crippen molar-refractivity contribution in [2.75, 3.05) is 19.0 Å². The molecule has 1 rings (SSSR count). The van der Waals surface area contributed by atoms with Crippen LogP contribution in [0.15, 0.2) is 12.1 Å². The van der Waals surface area contributed by atoms with E-state index in [0.29, 0.717) is 15.9 Å². The molecular formula is C15H24N2O2S2. The molecule has 2 N–H and O–H groups in total. The van der Waals surface area contributed by atoms with Gasteiger partial charge in [0.05, 0.1) is 12.1 Å². The van der Waals surface area contributed by atoms with Crippen LogP contribution in [0.2, 0.25) is 0 Å². The first-order valence-electron chi connectivity index (χ1n) is 7.33. The average molecular weight is 329 g/mol. The van der Waals surface area contributed by atoms with Crippen LogP contribution in [0.4, 0.5) is 5.00 Å². The molecule has 0 bridgehead atoms. The highest BCUT2D eigenvalue weighted by Crippen LogP contribution is 2.22. The van der Waals surface area contributed by atoms with Gasteiger partial charge < -0.3 is 15.4 Å². The van der Waals surface area contributed by atoms with Crippen molar-refractivity contribution in [2.24, 2.45) is 5.92 Å². The van der Waals surface area contributed by atoms with E-state index in [0.717, 1.165) is 18.0 Å². The zero-order valence-corrected chi connectivity index (χ0v) is 14.5. The number of anilines is 1. The first kappa shape index (κ1) is 17.9. The zero-order chi connectivity index (χ0) is 15.7. The highest BCUT2D eigenvalue weighted by Gasteiger charge is 2.10. The second-order valence-corrected chi connectivity index (χ2v) is 6.40. The van der Waals surface area contributed by atoms with Gasteiger partial charge in [0.15, 0.2) is 5.11 Å². The van der Waals surface area contributed by atoms with E-state index in [4.69, 9.17) is 12.2 Å². The minimum atomic E-state index is -0.322. The first-order chi connectivity index (χ1) is 10.1. The smallest absolute Gasteiger partial charge is 0.348 e. The van der Waals surface area contributed by atoms with Crippen LogP contribution < -0.4 is 10.6 Å². The summed E-state index contributed by atoms with van der Waals surface area (Å²) in [5, 5.41) is 7.80. The van der Waals surface area contributed by atoms with Gasteiger partial charge in [0, 0.05) is 6.54 Å². The lowest BCUT2D eigenvalue weighted by atomic mass is 9.99. The second-order valence-electron chi connectivity index (χ2n) is 4.91. The highest BCUT2D eigenvalue weighted by atomic mass is 32.1. The lowest BCUT2D eigenvalue weighted by molar-refractivity contribution is 0.0606. The maximum absolute atomic E-state index is 11.4. The lowest BCUT2D eigenvalue weighted by Crippen LogP contribution is -2.32. The largest absolute Gasteiger partial charge is 0.465 e. The van der Waals surface area contributed by atoms with Gasteiger partial charge in [-0.25, -0.2) is 4.79 Å². The fourth-order valence-corrected chi connectivity index (χ4v) is 3.04. The molecule has 1 aromatic heterocycles. The molecule has 1 aromatic rings. The fourth-order valence-electron chi connectivity index (χ4n) is 1.95. The summed E-state index contributed by atoms with van der Waals surface area (Å²) in [7, 11) is 1.38. The van der Waals surface area contributed by atoms with Crippen LogP contribution in [-0.2, 0) is 4.74 Å². The summed E-state index contributed by atoms with van der Waals surface area (Å²) in [6.45, 7) is 5.31. The number of carbonyl (C=O) groups excluding carboxylic acids is 1. The first-order valence-corrected chi connectivity index (χ1v) is 8.56. The van der Waals surface area contributed by atoms with Gasteiger partial charge >= 0.3 is 5.97 Å². The number of rotatable bonds is 8. The number of nitrogens with one attached hydrogen (secondary N) is 2. The molecule has 0 unspecified atom stereocenters. The molecule has 0 aliphatic rings. The molecule has 0 spiro atoms. The normalized spacial score (nSPS) is 11.8. The van der Waals surface area contributed by atoms with Gasteiger partial charge in [0.25, 0.3) is 0 Å². The summed E-state index contributed by atoms with van der Waals surface area (Å²) in [6.07, 6.45) is 4.87. The summed E-state index contributed by atoms with van der Waals surface area (Å²) in [6, 6.07) is 3.57. The Morgan fingerprint density at radius 3 is 2.81 bits per heavy atom. The SMILES string of the molecule is CCCC[C@@H](CC)CNC(=S)Nc1ccc(C(=O)OC)s1. The molecule has 4 nitrogen and oxygen atoms in total. The molecule has 1 heterocycles. The van der Waals surface area contributed by atoms with Crippen molar-refractivity contribution in [2.45, 2.75) is 39.5 Å². The predicted molar refractivity (Wildman–Crippen MR) is 93.2 cm³/mol. The van der Waals surface area contributed by atoms with E-state index in [1.54, 1.807) is 6.07 Å². The molecule has 0 aliphatic heterocycles. The predicted octanol–water partition coefficient (Wildman–Crippen LogP) is 4.04. The number of hydrogen-bond donors (Lipinski definition) is 2. The van der Waals surface area contributed by atoms with E-state index in [1.165, 1.54) is 37.7 Å². The highest BCUT2D eigenvalue weighted by molar-refractivity contribution is 7.80. The van der Waals surface area contributed by atoms with Crippen LogP contribution >= 0.6 is 23.6 Å². The Hall–Kier alpha value is -1.14. The maximum Gasteiger partial charge on any atom is 0.348 e. The second kappa shape index (κ2) is 9.73. The molecule has 0 aromatic carbocycles. The van der Waals surface area contributed by atoms with Crippen LogP contribution in [0.25, 0.3) is 0 Å². The van der Waals surface area contributed by atoms with Gasteiger partial charge in [0.2, 0.25) is 0 Å². The number of thiocarbonyl (C=S) groups is 1. The fraction of sp³-hybridized carbons (Fsp3) is 0.600. The number of methoxy groups -OCH3 is 1. The molecule has 0 saturated carbocycles. The molecule has 21 heavy (non-hydrogen) atoms. The Labute approximate surface area is 136 Å². The van der Waals surface area contributed by atoms with Crippen molar-refractivity contribution < 1.29 is 9.53 Å². The van der Waals surface area contributed by atoms with Crippen molar-refractivity contribution in [3.8, 4) is 0 Å². The monoisotopic (exact) mass is 328 g/mol. The Bertz CT molecular complexity index is 460. The van der Waals surface area contributed by atoms with Crippen LogP contribution in [0.5, 0.6) is 0 Å². The molecule has 0 saturated heterocycles. The van der Waals surface area contributed by atoms with E-state index in [1.807, 2.05) is 6.07 Å². The summed E-state index contributed by atoms with van der Waals surface area (Å²) < 4.78 is 4.68. The van der Waals surface area contributed by atoms with Crippen LogP contribution in [0, 0.1) is 5.92 Å². The minimum Gasteiger partial charge on any atom is -0.465 e. The molecule has 0 fully saturated rings. The van der Waals surface area contributed by atoms with Crippen LogP contribution in [-0.4, -0.2) is 24.7 Å². The molecule has 118 valence electrons. The van der Waals surface area contributed by atoms with E-state index < -0.39 is 0 Å². The van der Waals surface area contributed by atoms with Crippen molar-refractivity contribution in [3.05, 3.63) is 17.0 Å². The standard InChI is InChI=1S/C15H24N2O2S2/c1-4-6-7-11(5-2)10-16-15(20)17-13-9-8-12(21-13)14(18)19-3/h8-9,11H,4-7,10H2,1-3H3,(H2,16,17,20)/t11-/m1/s1. The van der Waals surface area contributed by atoms with Gasteiger partial charge in [-0.3, -0.25) is 0 Å². The topological polar surface area (TPSA) is 50.4 Å². The average Bonchev–Trinajstić information content (AvgIpc) is 2.95. The summed E-state index contributed by atoms with van der Waals surface area (Å²) in [5.41, 5.74) is 0. The molecule has 0 radical (unpaired) electrons. The minimum absolute atomic E-state index is 0.322. The number of esters is 1. The summed E-state index contributed by atoms with van der Waals surface area (Å²) in [4.78, 5) is 11.9. The van der Waals surface area contributed by atoms with Crippen molar-refractivity contribution >= 4 is 39.6 Å². The van der Waals surface area contributed by atoms with Crippen LogP contribution in [0.3, 0.4) is 0 Å². The molecule has 0 aliphatic carbocycles. The summed E-state index contributed by atoms with van der Waals surface area (Å²) in [5.74, 6) is 0.330. The number of unbranched alkanes of at least 4 members (excludes halogenated alkanes) is 1. The summed E-state index contributed by atoms with van der Waals surface area (Å²) >= 11 is 6.62. The Kier molecular flexibility index (Phi) is 8.30. The van der Waals surface area contributed by atoms with Gasteiger partial charge in [-0.2, -0.15) is 0 Å². The zero-order valence-electron chi connectivity index (χ0n) is 12.9. The third-order valence-electron chi connectivity index (χ3n) is 3.32. The van der Waals surface area contributed by atoms with E-state index >= 15 is 0 Å². The van der Waals surface area contributed by atoms with Crippen molar-refractivity contribution in [1.82, 2.24) is 5.32 Å². The molecule has 0 amide bonds. The van der Waals surface area contributed by atoms with Gasteiger partial charge in [0.1, 0.15) is 4.88 Å². The molecule has 6 heteroatoms. The van der Waals surface area contributed by atoms with Gasteiger partial charge in [-0.1, -0.05) is 33.1 Å². The lowest BCUT2D eigenvalue weighted by Gasteiger charge is -2.16. The number of thiophene rings is 1. The van der Waals surface area contributed by atoms with Gasteiger partial charge in [-0.05, 0) is 36.7 Å². The quantitative estimate of drug-likeness (QED) is 0.557. The number of carbonyl (C=O) groups is 1. The van der Waals surface area contributed by atoms with E-state index in [9.17, 15) is 4.79 Å². The number of ether oxygens (including phenoxy) is 1. The Balaban J connectivity index is 2.39. The van der Waals surface area contributed by atoms with E-state index in [-0.39, 0.29) is 5.97 Å². The van der Waals surface area contributed by atoms with Gasteiger partial charge in [-0.15, -0.1) is 11.3 Å². The Morgan fingerprint density at radius 2 is 2.19 bits per heavy atom. The Morgan fingerprint density at radius 1 is 1.43 bits per heavy atom. The van der Waals surface area contributed by atoms with Crippen molar-refractivity contribution in [1.29, 1.82) is 0 Å². The van der Waals surface area contributed by atoms with Crippen LogP contribution in [0.1, 0.15) is 49.2 Å². The number of hydrogen-bond acceptors (Lipinski definition) is 4. The molecule has 1 atom stereocenters. The van der Waals surface area contributed by atoms with Crippen molar-refractivity contribution in [3.63, 3.8) is 0 Å². The third kappa shape index (κ3) is 6.44.